The van der Waals surface area contributed by atoms with Crippen LogP contribution in [0.5, 0.6) is 0 Å². The summed E-state index contributed by atoms with van der Waals surface area (Å²) in [5, 5.41) is 8.28. The first-order valence-corrected chi connectivity index (χ1v) is 9.05. The van der Waals surface area contributed by atoms with Gasteiger partial charge >= 0.3 is 0 Å². The molecule has 1 aromatic carbocycles. The molecule has 130 valence electrons. The van der Waals surface area contributed by atoms with Crippen LogP contribution in [-0.2, 0) is 0 Å². The van der Waals surface area contributed by atoms with E-state index in [4.69, 9.17) is 6.42 Å². The van der Waals surface area contributed by atoms with E-state index in [1.54, 1.807) is 6.20 Å². The van der Waals surface area contributed by atoms with Gasteiger partial charge in [-0.25, -0.2) is 0 Å². The third kappa shape index (κ3) is 4.37. The van der Waals surface area contributed by atoms with Crippen molar-refractivity contribution in [3.8, 4) is 12.3 Å². The van der Waals surface area contributed by atoms with Gasteiger partial charge in [0, 0.05) is 25.2 Å². The Hall–Kier alpha value is -2.38. The molecule has 2 aromatic rings. The number of fused-ring (bicyclic) bond motifs is 2. The highest BCUT2D eigenvalue weighted by molar-refractivity contribution is 5.54. The standard InChI is InChI=1S/C15H20N4.C6H6/c1-3-12-8-9-16-17-15(12)19-10-13-6-4-5-7-14(11-19)18(13)2;1-2-4-6-5-3-1/h1,8-9,13-14H,4-7,10-11H2,2H3;1-6H. The molecule has 0 aliphatic carbocycles. The molecule has 2 aliphatic rings. The Labute approximate surface area is 150 Å². The fourth-order valence-electron chi connectivity index (χ4n) is 3.72. The van der Waals surface area contributed by atoms with Gasteiger partial charge in [-0.3, -0.25) is 4.90 Å². The number of hydrogen-bond acceptors (Lipinski definition) is 4. The molecule has 2 atom stereocenters. The lowest BCUT2D eigenvalue weighted by atomic mass is 10.1. The molecule has 2 bridgehead atoms. The summed E-state index contributed by atoms with van der Waals surface area (Å²) in [4.78, 5) is 4.89. The Kier molecular flexibility index (Phi) is 6.03. The number of hydrogen-bond donors (Lipinski definition) is 0. The minimum absolute atomic E-state index is 0.619. The van der Waals surface area contributed by atoms with Crippen LogP contribution in [0.2, 0.25) is 0 Å². The maximum atomic E-state index is 5.58. The van der Waals surface area contributed by atoms with Crippen molar-refractivity contribution in [3.05, 3.63) is 54.2 Å². The van der Waals surface area contributed by atoms with Crippen LogP contribution in [-0.4, -0.2) is 47.3 Å². The molecular weight excluding hydrogens is 308 g/mol. The lowest BCUT2D eigenvalue weighted by Crippen LogP contribution is -2.56. The zero-order valence-corrected chi connectivity index (χ0v) is 14.9. The molecule has 1 aromatic heterocycles. The first kappa shape index (κ1) is 17.4. The van der Waals surface area contributed by atoms with Crippen LogP contribution >= 0.6 is 0 Å². The van der Waals surface area contributed by atoms with Crippen LogP contribution in [0.15, 0.2) is 48.7 Å². The molecule has 0 amide bonds. The van der Waals surface area contributed by atoms with E-state index in [1.165, 1.54) is 25.7 Å². The maximum Gasteiger partial charge on any atom is 0.167 e. The SMILES string of the molecule is C#Cc1ccnnc1N1CC2CCCCC(C1)N2C.c1ccccc1. The van der Waals surface area contributed by atoms with Gasteiger partial charge in [0.15, 0.2) is 5.82 Å². The van der Waals surface area contributed by atoms with E-state index in [0.29, 0.717) is 12.1 Å². The molecule has 25 heavy (non-hydrogen) atoms. The predicted octanol–water partition coefficient (Wildman–Crippen LogP) is 3.21. The lowest BCUT2D eigenvalue weighted by Gasteiger charge is -2.44. The molecule has 0 saturated carbocycles. The number of terminal acetylenes is 1. The second-order valence-corrected chi connectivity index (χ2v) is 6.73. The summed E-state index contributed by atoms with van der Waals surface area (Å²) in [5.41, 5.74) is 0.858. The van der Waals surface area contributed by atoms with Crippen molar-refractivity contribution in [2.75, 3.05) is 25.0 Å². The maximum absolute atomic E-state index is 5.58. The molecule has 4 nitrogen and oxygen atoms in total. The quantitative estimate of drug-likeness (QED) is 0.750. The van der Waals surface area contributed by atoms with Gasteiger partial charge in [-0.2, -0.15) is 5.10 Å². The molecule has 3 heterocycles. The summed E-state index contributed by atoms with van der Waals surface area (Å²) in [5.74, 6) is 3.61. The second kappa shape index (κ2) is 8.64. The number of piperazine rings is 1. The van der Waals surface area contributed by atoms with Crippen molar-refractivity contribution >= 4 is 5.82 Å². The molecule has 4 heteroatoms. The largest absolute Gasteiger partial charge is 0.351 e. The molecule has 0 spiro atoms. The summed E-state index contributed by atoms with van der Waals surface area (Å²) in [6.07, 6.45) is 12.5. The first-order chi connectivity index (χ1) is 12.3. The number of anilines is 1. The first-order valence-electron chi connectivity index (χ1n) is 9.05. The van der Waals surface area contributed by atoms with Gasteiger partial charge in [-0.05, 0) is 26.0 Å². The fourth-order valence-corrected chi connectivity index (χ4v) is 3.72. The lowest BCUT2D eigenvalue weighted by molar-refractivity contribution is 0.149. The third-order valence-corrected chi connectivity index (χ3v) is 5.16. The van der Waals surface area contributed by atoms with Gasteiger partial charge in [0.05, 0.1) is 11.8 Å². The summed E-state index contributed by atoms with van der Waals surface area (Å²) in [7, 11) is 2.26. The van der Waals surface area contributed by atoms with Crippen LogP contribution in [0.1, 0.15) is 31.2 Å². The number of nitrogens with zero attached hydrogens (tertiary/aromatic N) is 4. The van der Waals surface area contributed by atoms with Crippen molar-refractivity contribution in [1.29, 1.82) is 0 Å². The number of aromatic nitrogens is 2. The Morgan fingerprint density at radius 2 is 1.56 bits per heavy atom. The van der Waals surface area contributed by atoms with Crippen LogP contribution in [0.3, 0.4) is 0 Å². The Bertz CT molecular complexity index is 652. The fraction of sp³-hybridized carbons (Fsp3) is 0.429. The molecule has 0 N–H and O–H groups in total. The molecule has 2 unspecified atom stereocenters. The van der Waals surface area contributed by atoms with Gasteiger partial charge < -0.3 is 4.90 Å². The van der Waals surface area contributed by atoms with Crippen LogP contribution in [0.25, 0.3) is 0 Å². The van der Waals surface area contributed by atoms with E-state index in [2.05, 4.69) is 33.0 Å². The van der Waals surface area contributed by atoms with Gasteiger partial charge in [-0.1, -0.05) is 55.2 Å². The molecule has 2 fully saturated rings. The molecule has 2 saturated heterocycles. The van der Waals surface area contributed by atoms with E-state index in [-0.39, 0.29) is 0 Å². The van der Waals surface area contributed by atoms with E-state index in [1.807, 2.05) is 42.5 Å². The van der Waals surface area contributed by atoms with Gasteiger partial charge in [-0.15, -0.1) is 11.5 Å². The van der Waals surface area contributed by atoms with Crippen molar-refractivity contribution in [1.82, 2.24) is 15.1 Å². The average molecular weight is 334 g/mol. The van der Waals surface area contributed by atoms with E-state index in [9.17, 15) is 0 Å². The van der Waals surface area contributed by atoms with Crippen LogP contribution in [0.4, 0.5) is 5.82 Å². The Morgan fingerprint density at radius 1 is 1.00 bits per heavy atom. The topological polar surface area (TPSA) is 32.3 Å². The number of rotatable bonds is 1. The van der Waals surface area contributed by atoms with E-state index < -0.39 is 0 Å². The van der Waals surface area contributed by atoms with Gasteiger partial charge in [0.1, 0.15) is 0 Å². The Morgan fingerprint density at radius 3 is 2.08 bits per heavy atom. The monoisotopic (exact) mass is 334 g/mol. The van der Waals surface area contributed by atoms with Crippen molar-refractivity contribution < 1.29 is 0 Å². The average Bonchev–Trinajstić information content (AvgIpc) is 2.78. The molecular formula is C21H26N4. The number of benzene rings is 1. The van der Waals surface area contributed by atoms with Crippen molar-refractivity contribution in [3.63, 3.8) is 0 Å². The second-order valence-electron chi connectivity index (χ2n) is 6.73. The molecule has 4 rings (SSSR count). The Balaban J connectivity index is 0.000000258. The predicted molar refractivity (Wildman–Crippen MR) is 102 cm³/mol. The highest BCUT2D eigenvalue weighted by atomic mass is 15.3. The minimum Gasteiger partial charge on any atom is -0.351 e. The van der Waals surface area contributed by atoms with Crippen molar-refractivity contribution in [2.45, 2.75) is 37.8 Å². The highest BCUT2D eigenvalue weighted by Gasteiger charge is 2.34. The van der Waals surface area contributed by atoms with Crippen LogP contribution in [0, 0.1) is 12.3 Å². The summed E-state index contributed by atoms with van der Waals surface area (Å²) in [6, 6.07) is 15.1. The normalized spacial score (nSPS) is 23.0. The van der Waals surface area contributed by atoms with E-state index in [0.717, 1.165) is 24.5 Å². The summed E-state index contributed by atoms with van der Waals surface area (Å²) in [6.45, 7) is 2.03. The summed E-state index contributed by atoms with van der Waals surface area (Å²) >= 11 is 0. The molecule has 2 aliphatic heterocycles. The zero-order valence-electron chi connectivity index (χ0n) is 14.9. The zero-order chi connectivity index (χ0) is 17.5. The molecule has 0 radical (unpaired) electrons. The summed E-state index contributed by atoms with van der Waals surface area (Å²) < 4.78 is 0. The highest BCUT2D eigenvalue weighted by Crippen LogP contribution is 2.29. The number of likely N-dealkylation sites (N-methyl/N-ethyl adjacent to an activating group) is 1. The van der Waals surface area contributed by atoms with Crippen molar-refractivity contribution in [2.24, 2.45) is 0 Å². The van der Waals surface area contributed by atoms with E-state index >= 15 is 0 Å². The minimum atomic E-state index is 0.619. The van der Waals surface area contributed by atoms with Crippen LogP contribution < -0.4 is 4.90 Å². The smallest absolute Gasteiger partial charge is 0.167 e. The third-order valence-electron chi connectivity index (χ3n) is 5.16. The van der Waals surface area contributed by atoms with Gasteiger partial charge in [0.2, 0.25) is 0 Å². The van der Waals surface area contributed by atoms with Gasteiger partial charge in [0.25, 0.3) is 0 Å².